The van der Waals surface area contributed by atoms with Gasteiger partial charge in [0.05, 0.1) is 10.2 Å². The average molecular weight is 349 g/mol. The Hall–Kier alpha value is -1.49. The lowest BCUT2D eigenvalue weighted by atomic mass is 10.1. The second-order valence-electron chi connectivity index (χ2n) is 5.11. The van der Waals surface area contributed by atoms with E-state index < -0.39 is 0 Å². The van der Waals surface area contributed by atoms with E-state index in [0.29, 0.717) is 5.82 Å². The number of rotatable bonds is 5. The van der Waals surface area contributed by atoms with Crippen LogP contribution in [-0.2, 0) is 6.42 Å². The van der Waals surface area contributed by atoms with Gasteiger partial charge in [-0.25, -0.2) is 9.97 Å². The summed E-state index contributed by atoms with van der Waals surface area (Å²) in [5, 5.41) is 3.29. The zero-order valence-corrected chi connectivity index (χ0v) is 14.6. The molecule has 0 aliphatic rings. The molecule has 2 rings (SSSR count). The molecule has 1 N–H and O–H groups in total. The number of hydrogen-bond donors (Lipinski definition) is 1. The van der Waals surface area contributed by atoms with Gasteiger partial charge in [-0.15, -0.1) is 0 Å². The first-order valence-electron chi connectivity index (χ1n) is 7.30. The van der Waals surface area contributed by atoms with E-state index in [0.717, 1.165) is 52.2 Å². The third-order valence-electron chi connectivity index (χ3n) is 3.18. The van der Waals surface area contributed by atoms with Crippen LogP contribution in [0.1, 0.15) is 37.1 Å². The number of halogens is 1. The van der Waals surface area contributed by atoms with Crippen LogP contribution in [0.2, 0.25) is 0 Å². The zero-order valence-electron chi connectivity index (χ0n) is 13.0. The number of anilines is 1. The van der Waals surface area contributed by atoms with Gasteiger partial charge in [0.2, 0.25) is 0 Å². The Bertz CT molecular complexity index is 613. The first-order valence-corrected chi connectivity index (χ1v) is 8.10. The Morgan fingerprint density at radius 2 is 1.95 bits per heavy atom. The highest BCUT2D eigenvalue weighted by atomic mass is 79.9. The van der Waals surface area contributed by atoms with Crippen LogP contribution < -0.4 is 5.32 Å². The maximum absolute atomic E-state index is 4.71. The number of nitrogens with one attached hydrogen (secondary N) is 1. The number of aryl methyl sites for hydroxylation is 3. The summed E-state index contributed by atoms with van der Waals surface area (Å²) >= 11 is 3.61. The second kappa shape index (κ2) is 6.98. The standard InChI is InChI=1S/C16H21BrN4/c1-5-7-12-13(17)15(18-6-2)21-16(20-12)14-11(4)8-10(3)9-19-14/h8-9H,5-7H2,1-4H3,(H,18,20,21). The Kier molecular flexibility index (Phi) is 5.28. The third-order valence-corrected chi connectivity index (χ3v) is 4.01. The predicted molar refractivity (Wildman–Crippen MR) is 90.6 cm³/mol. The van der Waals surface area contributed by atoms with Crippen molar-refractivity contribution in [3.8, 4) is 11.5 Å². The van der Waals surface area contributed by atoms with E-state index in [2.05, 4.69) is 51.1 Å². The molecule has 4 nitrogen and oxygen atoms in total. The summed E-state index contributed by atoms with van der Waals surface area (Å²) in [4.78, 5) is 13.9. The fraction of sp³-hybridized carbons (Fsp3) is 0.438. The van der Waals surface area contributed by atoms with E-state index in [1.165, 1.54) is 0 Å². The zero-order chi connectivity index (χ0) is 15.4. The molecular weight excluding hydrogens is 328 g/mol. The van der Waals surface area contributed by atoms with Crippen LogP contribution in [0.5, 0.6) is 0 Å². The van der Waals surface area contributed by atoms with Crippen LogP contribution in [0.4, 0.5) is 5.82 Å². The van der Waals surface area contributed by atoms with E-state index in [9.17, 15) is 0 Å². The molecule has 5 heteroatoms. The van der Waals surface area contributed by atoms with Crippen LogP contribution >= 0.6 is 15.9 Å². The summed E-state index contributed by atoms with van der Waals surface area (Å²) in [5.41, 5.74) is 4.13. The smallest absolute Gasteiger partial charge is 0.180 e. The predicted octanol–water partition coefficient (Wildman–Crippen LogP) is 4.30. The molecule has 0 unspecified atom stereocenters. The number of nitrogens with zero attached hydrogens (tertiary/aromatic N) is 3. The summed E-state index contributed by atoms with van der Waals surface area (Å²) in [7, 11) is 0. The van der Waals surface area contributed by atoms with Crippen LogP contribution in [0.25, 0.3) is 11.5 Å². The van der Waals surface area contributed by atoms with Crippen LogP contribution in [-0.4, -0.2) is 21.5 Å². The molecule has 0 saturated carbocycles. The van der Waals surface area contributed by atoms with E-state index in [1.54, 1.807) is 0 Å². The first kappa shape index (κ1) is 15.9. The minimum absolute atomic E-state index is 0.690. The van der Waals surface area contributed by atoms with Gasteiger partial charge in [-0.3, -0.25) is 4.98 Å². The van der Waals surface area contributed by atoms with E-state index in [4.69, 9.17) is 4.98 Å². The lowest BCUT2D eigenvalue weighted by Gasteiger charge is -2.12. The molecule has 0 saturated heterocycles. The van der Waals surface area contributed by atoms with Crippen molar-refractivity contribution in [1.82, 2.24) is 15.0 Å². The first-order chi connectivity index (χ1) is 10.1. The lowest BCUT2D eigenvalue weighted by Crippen LogP contribution is -2.07. The van der Waals surface area contributed by atoms with Crippen LogP contribution in [0.3, 0.4) is 0 Å². The molecule has 0 amide bonds. The molecule has 112 valence electrons. The Morgan fingerprint density at radius 1 is 1.19 bits per heavy atom. The molecule has 21 heavy (non-hydrogen) atoms. The molecule has 0 spiro atoms. The quantitative estimate of drug-likeness (QED) is 0.874. The molecule has 2 aromatic heterocycles. The largest absolute Gasteiger partial charge is 0.369 e. The third kappa shape index (κ3) is 3.59. The van der Waals surface area contributed by atoms with Gasteiger partial charge in [-0.2, -0.15) is 0 Å². The highest BCUT2D eigenvalue weighted by molar-refractivity contribution is 9.10. The summed E-state index contributed by atoms with van der Waals surface area (Å²) in [6.07, 6.45) is 3.82. The molecule has 2 heterocycles. The number of pyridine rings is 1. The Balaban J connectivity index is 2.56. The SMILES string of the molecule is CCCc1nc(-c2ncc(C)cc2C)nc(NCC)c1Br. The van der Waals surface area contributed by atoms with Crippen molar-refractivity contribution in [2.45, 2.75) is 40.5 Å². The summed E-state index contributed by atoms with van der Waals surface area (Å²) < 4.78 is 0.958. The van der Waals surface area contributed by atoms with Crippen molar-refractivity contribution in [1.29, 1.82) is 0 Å². The van der Waals surface area contributed by atoms with Crippen molar-refractivity contribution >= 4 is 21.7 Å². The highest BCUT2D eigenvalue weighted by Gasteiger charge is 2.15. The maximum atomic E-state index is 4.71. The lowest BCUT2D eigenvalue weighted by molar-refractivity contribution is 0.865. The van der Waals surface area contributed by atoms with Crippen molar-refractivity contribution in [2.75, 3.05) is 11.9 Å². The van der Waals surface area contributed by atoms with Crippen molar-refractivity contribution in [3.05, 3.63) is 33.6 Å². The topological polar surface area (TPSA) is 50.7 Å². The van der Waals surface area contributed by atoms with E-state index in [1.807, 2.05) is 20.0 Å². The molecule has 2 aromatic rings. The fourth-order valence-electron chi connectivity index (χ4n) is 2.24. The van der Waals surface area contributed by atoms with Crippen molar-refractivity contribution in [2.24, 2.45) is 0 Å². The van der Waals surface area contributed by atoms with E-state index in [-0.39, 0.29) is 0 Å². The summed E-state index contributed by atoms with van der Waals surface area (Å²) in [6.45, 7) is 9.12. The van der Waals surface area contributed by atoms with Gasteiger partial charge in [-0.05, 0) is 54.2 Å². The summed E-state index contributed by atoms with van der Waals surface area (Å²) in [5.74, 6) is 1.53. The molecule has 0 bridgehead atoms. The van der Waals surface area contributed by atoms with Gasteiger partial charge in [-0.1, -0.05) is 19.4 Å². The van der Waals surface area contributed by atoms with Gasteiger partial charge in [0.25, 0.3) is 0 Å². The molecule has 0 aliphatic carbocycles. The Labute approximate surface area is 134 Å². The van der Waals surface area contributed by atoms with Crippen LogP contribution in [0, 0.1) is 13.8 Å². The van der Waals surface area contributed by atoms with E-state index >= 15 is 0 Å². The maximum Gasteiger partial charge on any atom is 0.180 e. The highest BCUT2D eigenvalue weighted by Crippen LogP contribution is 2.28. The molecule has 0 aromatic carbocycles. The van der Waals surface area contributed by atoms with Gasteiger partial charge in [0.1, 0.15) is 11.5 Å². The number of hydrogen-bond acceptors (Lipinski definition) is 4. The normalized spacial score (nSPS) is 10.7. The molecule has 0 fully saturated rings. The molecule has 0 radical (unpaired) electrons. The molecule has 0 aliphatic heterocycles. The minimum atomic E-state index is 0.690. The van der Waals surface area contributed by atoms with Gasteiger partial charge in [0.15, 0.2) is 5.82 Å². The average Bonchev–Trinajstić information content (AvgIpc) is 2.43. The monoisotopic (exact) mass is 348 g/mol. The second-order valence-corrected chi connectivity index (χ2v) is 5.91. The van der Waals surface area contributed by atoms with Crippen molar-refractivity contribution < 1.29 is 0 Å². The van der Waals surface area contributed by atoms with Crippen molar-refractivity contribution in [3.63, 3.8) is 0 Å². The summed E-state index contributed by atoms with van der Waals surface area (Å²) in [6, 6.07) is 2.11. The van der Waals surface area contributed by atoms with Crippen LogP contribution in [0.15, 0.2) is 16.7 Å². The molecular formula is C16H21BrN4. The number of aromatic nitrogens is 3. The Morgan fingerprint density at radius 3 is 2.57 bits per heavy atom. The molecule has 0 atom stereocenters. The van der Waals surface area contributed by atoms with Gasteiger partial charge in [0, 0.05) is 12.7 Å². The van der Waals surface area contributed by atoms with Gasteiger partial charge < -0.3 is 5.32 Å². The van der Waals surface area contributed by atoms with Gasteiger partial charge >= 0.3 is 0 Å². The fourth-order valence-corrected chi connectivity index (χ4v) is 2.75. The minimum Gasteiger partial charge on any atom is -0.369 e.